The molecular formula is C68H60FN3O8S2. The van der Waals surface area contributed by atoms with Crippen molar-refractivity contribution in [3.8, 4) is 40.9 Å². The minimum atomic E-state index is -0.705. The first-order chi connectivity index (χ1) is 40.1. The van der Waals surface area contributed by atoms with Gasteiger partial charge in [0.2, 0.25) is 0 Å². The molecule has 1 saturated carbocycles. The molecule has 414 valence electrons. The highest BCUT2D eigenvalue weighted by molar-refractivity contribution is 8.25. The molecule has 2 aliphatic heterocycles. The topological polar surface area (TPSA) is 145 Å². The summed E-state index contributed by atoms with van der Waals surface area (Å²) in [5.74, 6) is 6.54. The first kappa shape index (κ1) is 55.8. The highest BCUT2D eigenvalue weighted by atomic mass is 32.2. The third kappa shape index (κ3) is 12.7. The molecule has 7 aromatic carbocycles. The zero-order chi connectivity index (χ0) is 56.7. The van der Waals surface area contributed by atoms with Crippen LogP contribution in [0.2, 0.25) is 0 Å². The van der Waals surface area contributed by atoms with Crippen LogP contribution in [0.5, 0.6) is 23.0 Å². The third-order valence-electron chi connectivity index (χ3n) is 14.9. The molecule has 1 aromatic heterocycles. The smallest absolute Gasteiger partial charge is 0.343 e. The van der Waals surface area contributed by atoms with Gasteiger partial charge in [-0.15, -0.1) is 0 Å². The second-order valence-corrected chi connectivity index (χ2v) is 23.0. The summed E-state index contributed by atoms with van der Waals surface area (Å²) in [6, 6.07) is 39.1. The van der Waals surface area contributed by atoms with Crippen LogP contribution in [-0.4, -0.2) is 61.0 Å². The molecule has 1 saturated heterocycles. The molecule has 3 aliphatic rings. The highest BCUT2D eigenvalue weighted by Crippen LogP contribution is 2.60. The molecule has 3 heterocycles. The predicted molar refractivity (Wildman–Crippen MR) is 320 cm³/mol. The number of allylic oxidation sites excluding steroid dienone is 1. The first-order valence-electron chi connectivity index (χ1n) is 27.8. The van der Waals surface area contributed by atoms with Gasteiger partial charge in [-0.3, -0.25) is 0 Å². The number of thioether (sulfide) groups is 2. The molecule has 11 nitrogen and oxygen atoms in total. The number of H-pyrrole nitrogens is 1. The summed E-state index contributed by atoms with van der Waals surface area (Å²) < 4.78 is 51.6. The van der Waals surface area contributed by atoms with E-state index in [0.29, 0.717) is 69.8 Å². The normalized spacial score (nSPS) is 16.7. The number of aromatic amines is 1. The lowest BCUT2D eigenvalue weighted by molar-refractivity contribution is 0.0727. The average molecular weight is 1130 g/mol. The molecule has 0 amide bonds. The van der Waals surface area contributed by atoms with Crippen LogP contribution in [0.15, 0.2) is 141 Å². The fraction of sp³-hybridized carbons (Fsp3) is 0.265. The fourth-order valence-electron chi connectivity index (χ4n) is 10.5. The number of aryl methyl sites for hydroxylation is 3. The van der Waals surface area contributed by atoms with E-state index in [4.69, 9.17) is 33.4 Å². The summed E-state index contributed by atoms with van der Waals surface area (Å²) in [5, 5.41) is 11.4. The van der Waals surface area contributed by atoms with E-state index < -0.39 is 11.9 Å². The molecule has 0 radical (unpaired) electrons. The number of methoxy groups -OCH3 is 1. The van der Waals surface area contributed by atoms with Crippen molar-refractivity contribution in [2.75, 3.05) is 26.9 Å². The van der Waals surface area contributed by atoms with Crippen LogP contribution >= 0.6 is 23.5 Å². The lowest BCUT2D eigenvalue weighted by Gasteiger charge is -2.18. The van der Waals surface area contributed by atoms with Crippen molar-refractivity contribution >= 4 is 68.9 Å². The van der Waals surface area contributed by atoms with Gasteiger partial charge in [-0.05, 0) is 162 Å². The second kappa shape index (κ2) is 25.4. The number of ether oxygens (including phenoxy) is 6. The van der Waals surface area contributed by atoms with Crippen molar-refractivity contribution < 1.29 is 42.4 Å². The van der Waals surface area contributed by atoms with E-state index in [-0.39, 0.29) is 28.6 Å². The Bertz CT molecular complexity index is 3910. The van der Waals surface area contributed by atoms with Crippen LogP contribution in [0, 0.1) is 41.8 Å². The van der Waals surface area contributed by atoms with Gasteiger partial charge in [0.15, 0.2) is 23.1 Å². The minimum Gasteiger partial charge on any atom is -0.493 e. The molecule has 0 spiro atoms. The van der Waals surface area contributed by atoms with Crippen LogP contribution in [-0.2, 0) is 22.3 Å². The summed E-state index contributed by atoms with van der Waals surface area (Å²) in [6.45, 7) is 8.15. The van der Waals surface area contributed by atoms with E-state index in [1.165, 1.54) is 49.1 Å². The van der Waals surface area contributed by atoms with Gasteiger partial charge in [0, 0.05) is 35.7 Å². The number of aromatic nitrogens is 2. The quantitative estimate of drug-likeness (QED) is 0.0270. The summed E-state index contributed by atoms with van der Waals surface area (Å²) in [7, 11) is 1.43. The third-order valence-corrected chi connectivity index (χ3v) is 17.6. The molecule has 8 aromatic rings. The number of imidazole rings is 1. The van der Waals surface area contributed by atoms with Crippen LogP contribution in [0.3, 0.4) is 0 Å². The molecule has 3 atom stereocenters. The van der Waals surface area contributed by atoms with E-state index in [0.717, 1.165) is 105 Å². The summed E-state index contributed by atoms with van der Waals surface area (Å²) in [6.07, 6.45) is 12.1. The number of carbonyl (C=O) groups is 2. The number of carbonyl (C=O) groups excluding carboxylic acids is 2. The number of epoxide rings is 1. The Morgan fingerprint density at radius 2 is 1.49 bits per heavy atom. The number of nitrogens with one attached hydrogen (secondary N) is 1. The minimum absolute atomic E-state index is 0.111. The number of rotatable bonds is 19. The van der Waals surface area contributed by atoms with Gasteiger partial charge in [0.1, 0.15) is 17.1 Å². The number of esters is 2. The monoisotopic (exact) mass is 1130 g/mol. The predicted octanol–water partition coefficient (Wildman–Crippen LogP) is 15.4. The average Bonchev–Trinajstić information content (AvgIpc) is 3.46. The number of halogens is 1. The standard InChI is InChI=1S/C68H60FN3O8S2/c1-5-10-42-14-21-47(22-15-42)60(48-23-17-44(39-70)18-24-48)68-81-64-41(3)61-62(72-59(71-61)13-8-7-12-46-20-16-43(11-6-2)34-54(46)69)63(65(64)82-68)80-67(74)52-28-31-55(57(38-52)75-4)79-66(73)51-26-25-50-37-53(29-27-49(50)36-51)77-33-9-32-76-40-45-19-30-56-58(35-45)78-56/h7,12,14-18,20-29,31,34,36-38,45,56,58H,5-6,9-11,19,30,32-33,35,40H2,1-4H3,(H,71,72)/b12-7+,68-60-. The van der Waals surface area contributed by atoms with E-state index in [2.05, 4.69) is 61.0 Å². The molecule has 82 heavy (non-hydrogen) atoms. The molecule has 11 rings (SSSR count). The molecule has 0 bridgehead atoms. The maximum Gasteiger partial charge on any atom is 0.343 e. The van der Waals surface area contributed by atoms with Gasteiger partial charge < -0.3 is 33.4 Å². The lowest BCUT2D eigenvalue weighted by Crippen LogP contribution is -2.19. The summed E-state index contributed by atoms with van der Waals surface area (Å²) in [5.41, 5.74) is 8.38. The number of nitrogens with zero attached hydrogens (tertiary/aromatic N) is 2. The zero-order valence-electron chi connectivity index (χ0n) is 46.1. The number of hydrogen-bond acceptors (Lipinski definition) is 12. The molecular weight excluding hydrogens is 1070 g/mol. The summed E-state index contributed by atoms with van der Waals surface area (Å²) in [4.78, 5) is 38.1. The highest BCUT2D eigenvalue weighted by Gasteiger charge is 2.43. The second-order valence-electron chi connectivity index (χ2n) is 20.7. The van der Waals surface area contributed by atoms with Crippen molar-refractivity contribution in [2.24, 2.45) is 5.92 Å². The molecule has 14 heteroatoms. The van der Waals surface area contributed by atoms with Crippen molar-refractivity contribution in [3.63, 3.8) is 0 Å². The number of benzene rings is 7. The van der Waals surface area contributed by atoms with Crippen molar-refractivity contribution in [1.29, 1.82) is 5.26 Å². The zero-order valence-corrected chi connectivity index (χ0v) is 47.7. The Balaban J connectivity index is 0.838. The fourth-order valence-corrected chi connectivity index (χ4v) is 13.4. The first-order valence-corrected chi connectivity index (χ1v) is 29.4. The van der Waals surface area contributed by atoms with E-state index in [1.807, 2.05) is 61.5 Å². The van der Waals surface area contributed by atoms with E-state index in [9.17, 15) is 19.2 Å². The SMILES string of the molecule is CCCc1ccc(/C(=C2/Sc3c(c(C)c4[nH]c(C#C/C=C/c5ccc(CCC)cc5F)nc4c3OC(=O)c3ccc(OC(=O)c4ccc5cc(OCCCOCC6CCC7OC7C6)ccc5c4)c(OC)c3)S2)c2ccc(C#N)cc2)cc1. The number of nitriles is 1. The molecule has 1 aliphatic carbocycles. The Morgan fingerprint density at radius 1 is 0.780 bits per heavy atom. The molecule has 1 N–H and O–H groups in total. The Hall–Kier alpha value is -8.11. The molecule has 3 unspecified atom stereocenters. The summed E-state index contributed by atoms with van der Waals surface area (Å²) >= 11 is 3.05. The van der Waals surface area contributed by atoms with Gasteiger partial charge in [0.05, 0.1) is 63.3 Å². The van der Waals surface area contributed by atoms with Crippen molar-refractivity contribution in [2.45, 2.75) is 94.1 Å². The van der Waals surface area contributed by atoms with Crippen molar-refractivity contribution in [3.05, 3.63) is 193 Å². The van der Waals surface area contributed by atoms with Crippen LogP contribution in [0.4, 0.5) is 4.39 Å². The van der Waals surface area contributed by atoms with Crippen LogP contribution in [0.25, 0.3) is 33.5 Å². The Kier molecular flexibility index (Phi) is 17.2. The van der Waals surface area contributed by atoms with Gasteiger partial charge in [-0.25, -0.2) is 19.0 Å². The lowest BCUT2D eigenvalue weighted by atomic mass is 9.90. The maximum atomic E-state index is 14.9. The maximum absolute atomic E-state index is 14.9. The molecule has 2 fully saturated rings. The van der Waals surface area contributed by atoms with Crippen LogP contribution < -0.4 is 18.9 Å². The largest absolute Gasteiger partial charge is 0.493 e. The van der Waals surface area contributed by atoms with E-state index in [1.54, 1.807) is 48.2 Å². The van der Waals surface area contributed by atoms with Gasteiger partial charge in [-0.2, -0.15) is 5.26 Å². The van der Waals surface area contributed by atoms with Gasteiger partial charge >= 0.3 is 11.9 Å². The van der Waals surface area contributed by atoms with Crippen LogP contribution in [0.1, 0.15) is 118 Å². The number of hydrogen-bond donors (Lipinski definition) is 1. The van der Waals surface area contributed by atoms with Crippen molar-refractivity contribution in [1.82, 2.24) is 9.97 Å². The number of fused-ring (bicyclic) bond motifs is 4. The van der Waals surface area contributed by atoms with Gasteiger partial charge in [-0.1, -0.05) is 117 Å². The Morgan fingerprint density at radius 3 is 2.26 bits per heavy atom. The van der Waals surface area contributed by atoms with E-state index >= 15 is 0 Å². The Labute approximate surface area is 485 Å². The van der Waals surface area contributed by atoms with Gasteiger partial charge in [0.25, 0.3) is 0 Å².